The number of amides is 3. The number of thiophene rings is 1. The lowest BCUT2D eigenvalue weighted by Crippen LogP contribution is -2.49. The Morgan fingerprint density at radius 2 is 2.03 bits per heavy atom. The topological polar surface area (TPSA) is 99.8 Å². The molecule has 0 spiro atoms. The summed E-state index contributed by atoms with van der Waals surface area (Å²) in [6, 6.07) is 6.65. The van der Waals surface area contributed by atoms with E-state index in [2.05, 4.69) is 16.0 Å². The summed E-state index contributed by atoms with van der Waals surface area (Å²) in [5.74, 6) is -1.22. The number of carbonyl (C=O) groups excluding carboxylic acids is 3. The number of anilines is 2. The van der Waals surface area contributed by atoms with E-state index in [1.54, 1.807) is 12.1 Å². The van der Waals surface area contributed by atoms with Crippen LogP contribution in [0.25, 0.3) is 0 Å². The lowest BCUT2D eigenvalue weighted by molar-refractivity contribution is -0.125. The fourth-order valence-electron chi connectivity index (χ4n) is 3.54. The van der Waals surface area contributed by atoms with Crippen molar-refractivity contribution < 1.29 is 27.9 Å². The summed E-state index contributed by atoms with van der Waals surface area (Å²) >= 11 is 7.00. The molecule has 182 valence electrons. The Morgan fingerprint density at radius 3 is 2.68 bits per heavy atom. The third-order valence-corrected chi connectivity index (χ3v) is 6.63. The van der Waals surface area contributed by atoms with Gasteiger partial charge in [0.25, 0.3) is 18.2 Å². The Balaban J connectivity index is 1.45. The van der Waals surface area contributed by atoms with Gasteiger partial charge in [0, 0.05) is 30.4 Å². The van der Waals surface area contributed by atoms with Crippen LogP contribution in [0.3, 0.4) is 0 Å². The summed E-state index contributed by atoms with van der Waals surface area (Å²) in [5.41, 5.74) is -0.0952. The molecule has 0 unspecified atom stereocenters. The second-order valence-electron chi connectivity index (χ2n) is 7.97. The number of halogens is 3. The van der Waals surface area contributed by atoms with Crippen LogP contribution in [0.2, 0.25) is 4.34 Å². The zero-order valence-corrected chi connectivity index (χ0v) is 19.6. The van der Waals surface area contributed by atoms with Crippen molar-refractivity contribution in [3.8, 4) is 0 Å². The summed E-state index contributed by atoms with van der Waals surface area (Å²) in [7, 11) is 0. The van der Waals surface area contributed by atoms with Gasteiger partial charge < -0.3 is 25.6 Å². The number of ether oxygens (including phenoxy) is 1. The van der Waals surface area contributed by atoms with Crippen LogP contribution in [-0.2, 0) is 14.3 Å². The second kappa shape index (κ2) is 10.8. The molecule has 0 bridgehead atoms. The SMILES string of the molecule is O=C(NC[C@H](NC1CC1)C(=O)Nc1ccc(N2CCOCC2=O)c(C(F)F)c1)c1ccc(Cl)s1. The van der Waals surface area contributed by atoms with E-state index in [4.69, 9.17) is 16.3 Å². The summed E-state index contributed by atoms with van der Waals surface area (Å²) < 4.78 is 33.1. The van der Waals surface area contributed by atoms with Crippen LogP contribution in [0.5, 0.6) is 0 Å². The Morgan fingerprint density at radius 1 is 1.24 bits per heavy atom. The molecule has 2 heterocycles. The van der Waals surface area contributed by atoms with Crippen LogP contribution in [0.15, 0.2) is 30.3 Å². The largest absolute Gasteiger partial charge is 0.370 e. The van der Waals surface area contributed by atoms with Crippen LogP contribution >= 0.6 is 22.9 Å². The van der Waals surface area contributed by atoms with Gasteiger partial charge >= 0.3 is 0 Å². The molecule has 1 saturated carbocycles. The third kappa shape index (κ3) is 6.09. The molecule has 3 N–H and O–H groups in total. The van der Waals surface area contributed by atoms with Crippen molar-refractivity contribution in [2.75, 3.05) is 36.5 Å². The highest BCUT2D eigenvalue weighted by atomic mass is 35.5. The summed E-state index contributed by atoms with van der Waals surface area (Å²) in [4.78, 5) is 39.1. The molecule has 1 aliphatic carbocycles. The molecule has 1 aliphatic heterocycles. The predicted octanol–water partition coefficient (Wildman–Crippen LogP) is 3.19. The minimum atomic E-state index is -2.85. The van der Waals surface area contributed by atoms with Gasteiger partial charge in [0.2, 0.25) is 5.91 Å². The normalized spacial score (nSPS) is 17.1. The van der Waals surface area contributed by atoms with Gasteiger partial charge in [-0.1, -0.05) is 11.6 Å². The van der Waals surface area contributed by atoms with Gasteiger partial charge in [-0.3, -0.25) is 14.4 Å². The van der Waals surface area contributed by atoms with Gasteiger partial charge in [0.1, 0.15) is 12.6 Å². The molecular weight excluding hydrogens is 490 g/mol. The number of benzene rings is 1. The fraction of sp³-hybridized carbons (Fsp3) is 0.409. The Kier molecular flexibility index (Phi) is 7.77. The van der Waals surface area contributed by atoms with Crippen molar-refractivity contribution in [3.63, 3.8) is 0 Å². The molecule has 2 aromatic rings. The first kappa shape index (κ1) is 24.5. The van der Waals surface area contributed by atoms with E-state index >= 15 is 0 Å². The lowest BCUT2D eigenvalue weighted by atomic mass is 10.1. The summed E-state index contributed by atoms with van der Waals surface area (Å²) in [5, 5.41) is 8.52. The molecule has 3 amide bonds. The molecule has 12 heteroatoms. The van der Waals surface area contributed by atoms with Crippen molar-refractivity contribution in [2.24, 2.45) is 0 Å². The second-order valence-corrected chi connectivity index (χ2v) is 9.68. The van der Waals surface area contributed by atoms with Crippen molar-refractivity contribution in [3.05, 3.63) is 45.1 Å². The number of morpholine rings is 1. The molecular formula is C22H23ClF2N4O4S. The fourth-order valence-corrected chi connectivity index (χ4v) is 4.49. The van der Waals surface area contributed by atoms with Crippen LogP contribution < -0.4 is 20.9 Å². The molecule has 8 nitrogen and oxygen atoms in total. The Hall–Kier alpha value is -2.60. The first-order valence-electron chi connectivity index (χ1n) is 10.7. The standard InChI is InChI=1S/C22H23ClF2N4O4S/c23-18-6-5-17(34-18)22(32)26-10-15(27-12-1-2-12)21(31)28-13-3-4-16(14(9-13)20(24)25)29-7-8-33-11-19(29)30/h3-6,9,12,15,20,27H,1-2,7-8,10-11H2,(H,26,32)(H,28,31)/t15-/m0/s1. The maximum Gasteiger partial charge on any atom is 0.265 e. The number of hydrogen-bond acceptors (Lipinski definition) is 6. The zero-order valence-electron chi connectivity index (χ0n) is 18.0. The van der Waals surface area contributed by atoms with Crippen molar-refractivity contribution >= 4 is 52.0 Å². The van der Waals surface area contributed by atoms with Crippen LogP contribution in [0, 0.1) is 0 Å². The van der Waals surface area contributed by atoms with Gasteiger partial charge in [0.15, 0.2) is 0 Å². The third-order valence-electron chi connectivity index (χ3n) is 5.40. The molecule has 2 fully saturated rings. The maximum absolute atomic E-state index is 13.8. The minimum Gasteiger partial charge on any atom is -0.370 e. The van der Waals surface area contributed by atoms with Crippen LogP contribution in [0.4, 0.5) is 20.2 Å². The maximum atomic E-state index is 13.8. The molecule has 1 atom stereocenters. The predicted molar refractivity (Wildman–Crippen MR) is 125 cm³/mol. The zero-order chi connectivity index (χ0) is 24.2. The minimum absolute atomic E-state index is 0.0127. The average molecular weight is 513 g/mol. The number of nitrogens with one attached hydrogen (secondary N) is 3. The Bertz CT molecular complexity index is 1080. The van der Waals surface area contributed by atoms with E-state index < -0.39 is 24.3 Å². The number of hydrogen-bond donors (Lipinski definition) is 3. The van der Waals surface area contributed by atoms with E-state index in [0.717, 1.165) is 24.2 Å². The monoisotopic (exact) mass is 512 g/mol. The van der Waals surface area contributed by atoms with E-state index in [1.165, 1.54) is 23.1 Å². The first-order valence-corrected chi connectivity index (χ1v) is 11.9. The number of nitrogens with zero attached hydrogens (tertiary/aromatic N) is 1. The number of carbonyl (C=O) groups is 3. The molecule has 4 rings (SSSR count). The van der Waals surface area contributed by atoms with Gasteiger partial charge in [-0.25, -0.2) is 8.78 Å². The number of rotatable bonds is 9. The van der Waals surface area contributed by atoms with E-state index in [9.17, 15) is 23.2 Å². The van der Waals surface area contributed by atoms with Crippen molar-refractivity contribution in [1.82, 2.24) is 10.6 Å². The van der Waals surface area contributed by atoms with Crippen molar-refractivity contribution in [1.29, 1.82) is 0 Å². The highest BCUT2D eigenvalue weighted by Gasteiger charge is 2.30. The van der Waals surface area contributed by atoms with E-state index in [1.807, 2.05) is 0 Å². The summed E-state index contributed by atoms with van der Waals surface area (Å²) in [6.45, 7) is 0.273. The van der Waals surface area contributed by atoms with Gasteiger partial charge in [-0.05, 0) is 43.2 Å². The highest BCUT2D eigenvalue weighted by molar-refractivity contribution is 7.18. The molecule has 1 aromatic heterocycles. The molecule has 2 aliphatic rings. The van der Waals surface area contributed by atoms with Crippen LogP contribution in [-0.4, -0.2) is 56.1 Å². The average Bonchev–Trinajstić information content (AvgIpc) is 3.53. The molecule has 0 radical (unpaired) electrons. The van der Waals surface area contributed by atoms with Gasteiger partial charge in [0.05, 0.1) is 21.5 Å². The van der Waals surface area contributed by atoms with Crippen LogP contribution in [0.1, 0.15) is 34.5 Å². The molecule has 34 heavy (non-hydrogen) atoms. The molecule has 1 saturated heterocycles. The van der Waals surface area contributed by atoms with E-state index in [0.29, 0.717) is 9.21 Å². The van der Waals surface area contributed by atoms with Crippen molar-refractivity contribution in [2.45, 2.75) is 31.4 Å². The lowest BCUT2D eigenvalue weighted by Gasteiger charge is -2.29. The van der Waals surface area contributed by atoms with E-state index in [-0.39, 0.29) is 55.2 Å². The quantitative estimate of drug-likeness (QED) is 0.479. The first-order chi connectivity index (χ1) is 16.3. The smallest absolute Gasteiger partial charge is 0.265 e. The van der Waals surface area contributed by atoms with Gasteiger partial charge in [-0.2, -0.15) is 0 Å². The van der Waals surface area contributed by atoms with Gasteiger partial charge in [-0.15, -0.1) is 11.3 Å². The summed E-state index contributed by atoms with van der Waals surface area (Å²) in [6.07, 6.45) is -1.02. The highest BCUT2D eigenvalue weighted by Crippen LogP contribution is 2.33. The molecule has 1 aromatic carbocycles. The number of alkyl halides is 2. The Labute approximate surface area is 203 Å².